The highest BCUT2D eigenvalue weighted by molar-refractivity contribution is 8.26. The summed E-state index contributed by atoms with van der Waals surface area (Å²) < 4.78 is 0.368. The van der Waals surface area contributed by atoms with E-state index in [0.29, 0.717) is 26.3 Å². The molecule has 0 atom stereocenters. The van der Waals surface area contributed by atoms with Gasteiger partial charge in [0.05, 0.1) is 26.9 Å². The van der Waals surface area contributed by atoms with Crippen molar-refractivity contribution in [2.75, 3.05) is 23.3 Å². The van der Waals surface area contributed by atoms with E-state index >= 15 is 0 Å². The largest absolute Gasteiger partial charge is 0.323 e. The van der Waals surface area contributed by atoms with Crippen LogP contribution >= 0.6 is 35.6 Å². The van der Waals surface area contributed by atoms with Gasteiger partial charge in [-0.15, -0.1) is 6.58 Å². The second-order valence-corrected chi connectivity index (χ2v) is 8.76. The number of thiocarbonyl (C=S) groups is 1. The molecule has 2 heterocycles. The Morgan fingerprint density at radius 2 is 1.81 bits per heavy atom. The van der Waals surface area contributed by atoms with Gasteiger partial charge in [-0.05, 0) is 18.2 Å². The molecule has 0 radical (unpaired) electrons. The number of thioether (sulfide) groups is 1. The van der Waals surface area contributed by atoms with Crippen LogP contribution in [0.3, 0.4) is 0 Å². The fourth-order valence-electron chi connectivity index (χ4n) is 3.39. The molecule has 3 amide bonds. The van der Waals surface area contributed by atoms with Crippen LogP contribution in [0.4, 0.5) is 11.4 Å². The van der Waals surface area contributed by atoms with Crippen LogP contribution in [0.2, 0.25) is 5.02 Å². The number of carbonyl (C=O) groups excluding carboxylic acids is 3. The predicted molar refractivity (Wildman–Crippen MR) is 128 cm³/mol. The molecule has 0 saturated carbocycles. The van der Waals surface area contributed by atoms with Gasteiger partial charge in [-0.1, -0.05) is 72.0 Å². The van der Waals surface area contributed by atoms with Gasteiger partial charge < -0.3 is 5.32 Å². The molecule has 0 unspecified atom stereocenters. The second-order valence-electron chi connectivity index (χ2n) is 6.71. The first-order valence-electron chi connectivity index (χ1n) is 9.27. The van der Waals surface area contributed by atoms with Gasteiger partial charge in [0.1, 0.15) is 10.9 Å². The van der Waals surface area contributed by atoms with Gasteiger partial charge in [-0.25, -0.2) is 0 Å². The van der Waals surface area contributed by atoms with Gasteiger partial charge in [0, 0.05) is 12.1 Å². The molecule has 6 nitrogen and oxygen atoms in total. The van der Waals surface area contributed by atoms with E-state index in [1.54, 1.807) is 54.6 Å². The molecule has 2 aromatic rings. The molecule has 0 bridgehead atoms. The third-order valence-corrected chi connectivity index (χ3v) is 6.54. The van der Waals surface area contributed by atoms with Crippen molar-refractivity contribution in [1.82, 2.24) is 4.90 Å². The Morgan fingerprint density at radius 3 is 2.55 bits per heavy atom. The Labute approximate surface area is 193 Å². The van der Waals surface area contributed by atoms with Crippen LogP contribution in [0.25, 0.3) is 5.57 Å². The topological polar surface area (TPSA) is 69.7 Å². The summed E-state index contributed by atoms with van der Waals surface area (Å²) in [4.78, 5) is 41.9. The number of nitrogens with zero attached hydrogens (tertiary/aromatic N) is 2. The number of halogens is 1. The molecule has 156 valence electrons. The van der Waals surface area contributed by atoms with Gasteiger partial charge in [0.25, 0.3) is 11.8 Å². The maximum absolute atomic E-state index is 13.3. The summed E-state index contributed by atoms with van der Waals surface area (Å²) in [5.74, 6) is -1.17. The number of fused-ring (bicyclic) bond motifs is 1. The van der Waals surface area contributed by atoms with E-state index < -0.39 is 11.8 Å². The lowest BCUT2D eigenvalue weighted by Gasteiger charge is -2.17. The van der Waals surface area contributed by atoms with E-state index in [2.05, 4.69) is 11.9 Å². The fourth-order valence-corrected chi connectivity index (χ4v) is 4.92. The maximum atomic E-state index is 13.3. The molecule has 31 heavy (non-hydrogen) atoms. The number of hydrogen-bond donors (Lipinski definition) is 1. The van der Waals surface area contributed by atoms with Crippen LogP contribution in [0.1, 0.15) is 5.56 Å². The summed E-state index contributed by atoms with van der Waals surface area (Å²) >= 11 is 12.5. The number of rotatable bonds is 5. The summed E-state index contributed by atoms with van der Waals surface area (Å²) in [7, 11) is 0. The molecular formula is C22H16ClN3O3S2. The maximum Gasteiger partial charge on any atom is 0.267 e. The van der Waals surface area contributed by atoms with Crippen LogP contribution < -0.4 is 10.2 Å². The smallest absolute Gasteiger partial charge is 0.267 e. The Morgan fingerprint density at radius 1 is 1.10 bits per heavy atom. The number of hydrogen-bond acceptors (Lipinski definition) is 5. The SMILES string of the molecule is C=CCN1C(=O)/C(=C2/C(=O)N(CC(=O)Nc3ccccc3Cl)c3ccccc32)SC1=S. The van der Waals surface area contributed by atoms with E-state index in [4.69, 9.17) is 23.8 Å². The molecule has 1 N–H and O–H groups in total. The van der Waals surface area contributed by atoms with Crippen LogP contribution in [-0.4, -0.2) is 40.0 Å². The molecule has 0 aromatic heterocycles. The molecule has 0 spiro atoms. The predicted octanol–water partition coefficient (Wildman–Crippen LogP) is 4.08. The molecule has 9 heteroatoms. The van der Waals surface area contributed by atoms with E-state index in [9.17, 15) is 14.4 Å². The Balaban J connectivity index is 1.66. The third-order valence-electron chi connectivity index (χ3n) is 4.76. The van der Waals surface area contributed by atoms with E-state index in [1.165, 1.54) is 9.80 Å². The molecular weight excluding hydrogens is 454 g/mol. The van der Waals surface area contributed by atoms with Crippen molar-refractivity contribution in [1.29, 1.82) is 0 Å². The lowest BCUT2D eigenvalue weighted by molar-refractivity contribution is -0.122. The van der Waals surface area contributed by atoms with Crippen molar-refractivity contribution in [3.63, 3.8) is 0 Å². The van der Waals surface area contributed by atoms with Gasteiger partial charge >= 0.3 is 0 Å². The van der Waals surface area contributed by atoms with Crippen LogP contribution in [0.15, 0.2) is 66.1 Å². The van der Waals surface area contributed by atoms with Crippen molar-refractivity contribution in [2.45, 2.75) is 0 Å². The molecule has 1 saturated heterocycles. The number of para-hydroxylation sites is 2. The highest BCUT2D eigenvalue weighted by Crippen LogP contribution is 2.44. The Hall–Kier alpha value is -2.94. The van der Waals surface area contributed by atoms with Crippen molar-refractivity contribution >= 4 is 74.6 Å². The quantitative estimate of drug-likeness (QED) is 0.406. The second kappa shape index (κ2) is 8.66. The van der Waals surface area contributed by atoms with Crippen molar-refractivity contribution in [2.24, 2.45) is 0 Å². The van der Waals surface area contributed by atoms with Crippen LogP contribution in [0, 0.1) is 0 Å². The Bertz CT molecular complexity index is 1180. The number of nitrogens with one attached hydrogen (secondary N) is 1. The summed E-state index contributed by atoms with van der Waals surface area (Å²) in [6.07, 6.45) is 1.58. The minimum atomic E-state index is -0.422. The summed E-state index contributed by atoms with van der Waals surface area (Å²) in [6, 6.07) is 13.9. The summed E-state index contributed by atoms with van der Waals surface area (Å²) in [6.45, 7) is 3.68. The average Bonchev–Trinajstić information content (AvgIpc) is 3.18. The molecule has 0 aliphatic carbocycles. The van der Waals surface area contributed by atoms with E-state index in [-0.39, 0.29) is 29.5 Å². The highest BCUT2D eigenvalue weighted by Gasteiger charge is 2.42. The average molecular weight is 470 g/mol. The standard InChI is InChI=1S/C22H16ClN3O3S2/c1-2-11-25-21(29)19(31-22(25)30)18-13-7-3-6-10-16(13)26(20(18)28)12-17(27)24-15-9-5-4-8-14(15)23/h2-10H,1,11-12H2,(H,24,27)/b19-18-. The first-order valence-corrected chi connectivity index (χ1v) is 10.9. The first-order chi connectivity index (χ1) is 14.9. The van der Waals surface area contributed by atoms with Crippen molar-refractivity contribution in [3.8, 4) is 0 Å². The number of anilines is 2. The normalized spacial score (nSPS) is 17.9. The van der Waals surface area contributed by atoms with Gasteiger partial charge in [-0.2, -0.15) is 0 Å². The molecule has 2 aliphatic rings. The molecule has 1 fully saturated rings. The minimum Gasteiger partial charge on any atom is -0.323 e. The lowest BCUT2D eigenvalue weighted by Crippen LogP contribution is -2.35. The Kier molecular flexibility index (Phi) is 5.95. The molecule has 2 aromatic carbocycles. The van der Waals surface area contributed by atoms with E-state index in [0.717, 1.165) is 11.8 Å². The number of amides is 3. The lowest BCUT2D eigenvalue weighted by atomic mass is 10.1. The highest BCUT2D eigenvalue weighted by atomic mass is 35.5. The van der Waals surface area contributed by atoms with Gasteiger partial charge in [0.15, 0.2) is 0 Å². The zero-order valence-corrected chi connectivity index (χ0v) is 18.5. The zero-order chi connectivity index (χ0) is 22.1. The van der Waals surface area contributed by atoms with Crippen LogP contribution in [0.5, 0.6) is 0 Å². The molecule has 2 aliphatic heterocycles. The third kappa shape index (κ3) is 3.89. The number of carbonyl (C=O) groups is 3. The summed E-state index contributed by atoms with van der Waals surface area (Å²) in [5, 5.41) is 3.12. The monoisotopic (exact) mass is 469 g/mol. The zero-order valence-electron chi connectivity index (χ0n) is 16.1. The fraction of sp³-hybridized carbons (Fsp3) is 0.0909. The van der Waals surface area contributed by atoms with E-state index in [1.807, 2.05) is 0 Å². The van der Waals surface area contributed by atoms with Crippen molar-refractivity contribution < 1.29 is 14.4 Å². The van der Waals surface area contributed by atoms with Crippen molar-refractivity contribution in [3.05, 3.63) is 76.7 Å². The van der Waals surface area contributed by atoms with Crippen LogP contribution in [-0.2, 0) is 14.4 Å². The minimum absolute atomic E-state index is 0.225. The van der Waals surface area contributed by atoms with Gasteiger partial charge in [0.2, 0.25) is 5.91 Å². The summed E-state index contributed by atoms with van der Waals surface area (Å²) in [5.41, 5.74) is 1.87. The number of benzene rings is 2. The van der Waals surface area contributed by atoms with Gasteiger partial charge in [-0.3, -0.25) is 24.2 Å². The molecule has 4 rings (SSSR count). The first kappa shape index (κ1) is 21.3.